The first-order chi connectivity index (χ1) is 30.0. The van der Waals surface area contributed by atoms with Crippen LogP contribution in [0.4, 0.5) is 16.2 Å². The van der Waals surface area contributed by atoms with E-state index in [0.717, 1.165) is 27.8 Å². The molecule has 62 heavy (non-hydrogen) atoms. The molecule has 3 amide bonds. The van der Waals surface area contributed by atoms with Crippen molar-refractivity contribution in [3.05, 3.63) is 228 Å². The Bertz CT molecular complexity index is 2520. The van der Waals surface area contributed by atoms with Crippen LogP contribution in [0.2, 0.25) is 0 Å². The number of rotatable bonds is 14. The zero-order chi connectivity index (χ0) is 43.5. The molecule has 0 heterocycles. The largest absolute Gasteiger partial charge is 0.444 e. The average molecular weight is 838 g/mol. The number of benzene rings is 7. The summed E-state index contributed by atoms with van der Waals surface area (Å²) in [6.07, 6.45) is -0.752. The molecule has 0 bridgehead atoms. The molecule has 0 aliphatic rings. The SMILES string of the molecule is CC(C)(C)OC(=O)N[C@@H](CSC(c1ccccc1)(c1ccccc1)c1ccccc1)C(=O)Nc1ccc(NC(=O)c2ccc(-c3ccccc3)cc2)c(C(=O)c2ccccc2)c1. The second-order valence-corrected chi connectivity index (χ2v) is 16.9. The number of ketones is 1. The van der Waals surface area contributed by atoms with Gasteiger partial charge in [0.2, 0.25) is 5.91 Å². The highest BCUT2D eigenvalue weighted by Crippen LogP contribution is 2.48. The molecule has 7 aromatic carbocycles. The van der Waals surface area contributed by atoms with Crippen molar-refractivity contribution in [3.8, 4) is 11.1 Å². The number of thioether (sulfide) groups is 1. The number of anilines is 2. The second-order valence-electron chi connectivity index (χ2n) is 15.6. The van der Waals surface area contributed by atoms with E-state index in [-0.39, 0.29) is 22.8 Å². The molecule has 7 rings (SSSR count). The number of ether oxygens (including phenoxy) is 1. The summed E-state index contributed by atoms with van der Waals surface area (Å²) in [5, 5.41) is 8.72. The number of amides is 3. The van der Waals surface area contributed by atoms with Crippen molar-refractivity contribution in [2.24, 2.45) is 0 Å². The molecule has 0 spiro atoms. The molecule has 0 fully saturated rings. The molecule has 0 radical (unpaired) electrons. The van der Waals surface area contributed by atoms with Crippen molar-refractivity contribution >= 4 is 46.8 Å². The summed E-state index contributed by atoms with van der Waals surface area (Å²) in [5.41, 5.74) is 5.69. The highest BCUT2D eigenvalue weighted by Gasteiger charge is 2.39. The third kappa shape index (κ3) is 10.4. The predicted octanol–water partition coefficient (Wildman–Crippen LogP) is 11.4. The van der Waals surface area contributed by atoms with E-state index in [4.69, 9.17) is 4.74 Å². The average Bonchev–Trinajstić information content (AvgIpc) is 3.30. The number of carbonyl (C=O) groups excluding carboxylic acids is 4. The van der Waals surface area contributed by atoms with Gasteiger partial charge >= 0.3 is 6.09 Å². The number of nitrogens with one attached hydrogen (secondary N) is 3. The van der Waals surface area contributed by atoms with Gasteiger partial charge in [0.15, 0.2) is 5.78 Å². The van der Waals surface area contributed by atoms with Crippen LogP contribution in [-0.2, 0) is 14.3 Å². The Morgan fingerprint density at radius 2 is 1.03 bits per heavy atom. The van der Waals surface area contributed by atoms with Crippen molar-refractivity contribution in [2.45, 2.75) is 37.2 Å². The molecule has 0 unspecified atom stereocenters. The Balaban J connectivity index is 1.21. The Morgan fingerprint density at radius 3 is 1.55 bits per heavy atom. The standard InChI is InChI=1S/C53H47N3O5S/c1-52(2,3)61-51(60)56-47(36-62-53(41-23-13-6-14-24-41,42-25-15-7-16-26-42)43-27-17-8-18-28-43)50(59)54-44-33-34-46(45(35-44)48(57)39-21-11-5-12-22-39)55-49(58)40-31-29-38(30-32-40)37-19-9-4-10-20-37/h4-35,47H,36H2,1-3H3,(H,54,59)(H,55,58)(H,56,60)/t47-/m0/s1. The lowest BCUT2D eigenvalue weighted by Crippen LogP contribution is -2.48. The molecule has 310 valence electrons. The van der Waals surface area contributed by atoms with Gasteiger partial charge in [0.05, 0.1) is 10.4 Å². The van der Waals surface area contributed by atoms with E-state index in [2.05, 4.69) is 52.3 Å². The summed E-state index contributed by atoms with van der Waals surface area (Å²) in [7, 11) is 0. The van der Waals surface area contributed by atoms with E-state index < -0.39 is 34.3 Å². The van der Waals surface area contributed by atoms with Crippen molar-refractivity contribution in [1.82, 2.24) is 5.32 Å². The minimum Gasteiger partial charge on any atom is -0.444 e. The maximum absolute atomic E-state index is 14.5. The summed E-state index contributed by atoms with van der Waals surface area (Å²) < 4.78 is 4.87. The summed E-state index contributed by atoms with van der Waals surface area (Å²) in [5.74, 6) is -1.16. The van der Waals surface area contributed by atoms with Crippen LogP contribution < -0.4 is 16.0 Å². The third-order valence-corrected chi connectivity index (χ3v) is 11.7. The Kier molecular flexibility index (Phi) is 13.4. The predicted molar refractivity (Wildman–Crippen MR) is 250 cm³/mol. The molecular formula is C53H47N3O5S. The zero-order valence-corrected chi connectivity index (χ0v) is 35.5. The lowest BCUT2D eigenvalue weighted by Gasteiger charge is -2.36. The summed E-state index contributed by atoms with van der Waals surface area (Å²) >= 11 is 1.51. The highest BCUT2D eigenvalue weighted by atomic mass is 32.2. The minimum atomic E-state index is -1.10. The van der Waals surface area contributed by atoms with Crippen LogP contribution in [0, 0.1) is 0 Å². The van der Waals surface area contributed by atoms with Gasteiger partial charge in [-0.1, -0.05) is 164 Å². The minimum absolute atomic E-state index is 0.122. The van der Waals surface area contributed by atoms with Crippen LogP contribution in [-0.4, -0.2) is 41.1 Å². The van der Waals surface area contributed by atoms with E-state index in [0.29, 0.717) is 16.8 Å². The molecule has 0 aliphatic carbocycles. The van der Waals surface area contributed by atoms with E-state index >= 15 is 0 Å². The monoisotopic (exact) mass is 837 g/mol. The molecule has 0 aromatic heterocycles. The maximum atomic E-state index is 14.5. The third-order valence-electron chi connectivity index (χ3n) is 10.1. The normalized spacial score (nSPS) is 11.8. The van der Waals surface area contributed by atoms with Crippen molar-refractivity contribution in [2.75, 3.05) is 16.4 Å². The number of hydrogen-bond acceptors (Lipinski definition) is 6. The number of carbonyl (C=O) groups is 4. The Labute approximate surface area is 366 Å². The van der Waals surface area contributed by atoms with Gasteiger partial charge in [0.1, 0.15) is 11.6 Å². The molecule has 0 saturated carbocycles. The van der Waals surface area contributed by atoms with Crippen LogP contribution in [0.15, 0.2) is 194 Å². The van der Waals surface area contributed by atoms with E-state index in [1.165, 1.54) is 11.8 Å². The van der Waals surface area contributed by atoms with Gasteiger partial charge in [-0.25, -0.2) is 4.79 Å². The van der Waals surface area contributed by atoms with Gasteiger partial charge in [0, 0.05) is 28.1 Å². The summed E-state index contributed by atoms with van der Waals surface area (Å²) in [6, 6.07) is 59.7. The molecule has 8 nitrogen and oxygen atoms in total. The van der Waals surface area contributed by atoms with Gasteiger partial charge in [-0.3, -0.25) is 14.4 Å². The van der Waals surface area contributed by atoms with Crippen molar-refractivity contribution in [3.63, 3.8) is 0 Å². The lowest BCUT2D eigenvalue weighted by molar-refractivity contribution is -0.117. The van der Waals surface area contributed by atoms with Gasteiger partial charge in [-0.2, -0.15) is 0 Å². The Morgan fingerprint density at radius 1 is 0.548 bits per heavy atom. The fourth-order valence-corrected chi connectivity index (χ4v) is 8.70. The molecular weight excluding hydrogens is 791 g/mol. The fourth-order valence-electron chi connectivity index (χ4n) is 7.14. The molecule has 1 atom stereocenters. The van der Waals surface area contributed by atoms with Crippen LogP contribution in [0.3, 0.4) is 0 Å². The first-order valence-electron chi connectivity index (χ1n) is 20.3. The lowest BCUT2D eigenvalue weighted by atomic mass is 9.84. The fraction of sp³-hybridized carbons (Fsp3) is 0.132. The number of alkyl carbamates (subject to hydrolysis) is 1. The molecule has 0 saturated heterocycles. The Hall–Kier alpha value is -7.23. The maximum Gasteiger partial charge on any atom is 0.408 e. The van der Waals surface area contributed by atoms with Crippen LogP contribution in [0.5, 0.6) is 0 Å². The summed E-state index contributed by atoms with van der Waals surface area (Å²) in [6.45, 7) is 5.27. The number of hydrogen-bond donors (Lipinski definition) is 3. The van der Waals surface area contributed by atoms with Gasteiger partial charge in [0.25, 0.3) is 5.91 Å². The van der Waals surface area contributed by atoms with Crippen LogP contribution >= 0.6 is 11.8 Å². The van der Waals surface area contributed by atoms with Gasteiger partial charge < -0.3 is 20.7 Å². The quantitative estimate of drug-likeness (QED) is 0.0742. The van der Waals surface area contributed by atoms with Crippen LogP contribution in [0.1, 0.15) is 63.7 Å². The van der Waals surface area contributed by atoms with Crippen molar-refractivity contribution in [1.29, 1.82) is 0 Å². The van der Waals surface area contributed by atoms with Gasteiger partial charge in [-0.15, -0.1) is 11.8 Å². The molecule has 9 heteroatoms. The smallest absolute Gasteiger partial charge is 0.408 e. The first-order valence-corrected chi connectivity index (χ1v) is 21.3. The molecule has 7 aromatic rings. The van der Waals surface area contributed by atoms with Gasteiger partial charge in [-0.05, 0) is 78.9 Å². The zero-order valence-electron chi connectivity index (χ0n) is 34.7. The van der Waals surface area contributed by atoms with Crippen LogP contribution in [0.25, 0.3) is 11.1 Å². The topological polar surface area (TPSA) is 114 Å². The van der Waals surface area contributed by atoms with E-state index in [1.807, 2.05) is 103 Å². The second kappa shape index (κ2) is 19.4. The first kappa shape index (κ1) is 42.9. The molecule has 0 aliphatic heterocycles. The molecule has 3 N–H and O–H groups in total. The van der Waals surface area contributed by atoms with E-state index in [1.54, 1.807) is 75.4 Å². The van der Waals surface area contributed by atoms with E-state index in [9.17, 15) is 19.2 Å². The van der Waals surface area contributed by atoms with Crippen molar-refractivity contribution < 1.29 is 23.9 Å². The highest BCUT2D eigenvalue weighted by molar-refractivity contribution is 8.00. The summed E-state index contributed by atoms with van der Waals surface area (Å²) in [4.78, 5) is 55.7.